The Morgan fingerprint density at radius 1 is 1.16 bits per heavy atom. The largest absolute Gasteiger partial charge is 0.361 e. The van der Waals surface area contributed by atoms with Crippen LogP contribution in [0.4, 0.5) is 5.69 Å². The van der Waals surface area contributed by atoms with Crippen molar-refractivity contribution in [2.45, 2.75) is 0 Å². The third-order valence-corrected chi connectivity index (χ3v) is 3.15. The quantitative estimate of drug-likeness (QED) is 0.870. The fourth-order valence-corrected chi connectivity index (χ4v) is 2.15. The molecule has 0 saturated heterocycles. The van der Waals surface area contributed by atoms with E-state index < -0.39 is 0 Å². The fourth-order valence-electron chi connectivity index (χ4n) is 1.63. The summed E-state index contributed by atoms with van der Waals surface area (Å²) in [5.41, 5.74) is 2.94. The van der Waals surface area contributed by atoms with Crippen molar-refractivity contribution in [3.63, 3.8) is 0 Å². The molecule has 1 heterocycles. The zero-order valence-electron chi connectivity index (χ0n) is 10.5. The lowest BCUT2D eigenvalue weighted by Crippen LogP contribution is -2.03. The predicted octanol–water partition coefficient (Wildman–Crippen LogP) is 3.85. The van der Waals surface area contributed by atoms with Crippen LogP contribution in [0.5, 0.6) is 0 Å². The topological polar surface area (TPSA) is 37.3 Å². The van der Waals surface area contributed by atoms with Gasteiger partial charge in [0.2, 0.25) is 0 Å². The number of hydrogen-bond acceptors (Lipinski definition) is 3. The van der Waals surface area contributed by atoms with E-state index in [9.17, 15) is 0 Å². The highest BCUT2D eigenvalue weighted by molar-refractivity contribution is 9.12. The van der Waals surface area contributed by atoms with E-state index in [0.29, 0.717) is 0 Å². The Bertz CT molecular complexity index is 577. The molecule has 4 heteroatoms. The van der Waals surface area contributed by atoms with E-state index >= 15 is 0 Å². The van der Waals surface area contributed by atoms with Crippen LogP contribution in [-0.4, -0.2) is 17.7 Å². The molecule has 1 aromatic heterocycles. The molecule has 0 fully saturated rings. The summed E-state index contributed by atoms with van der Waals surface area (Å²) in [4.78, 5) is 8.31. The van der Waals surface area contributed by atoms with E-state index in [4.69, 9.17) is 0 Å². The van der Waals surface area contributed by atoms with E-state index in [0.717, 1.165) is 21.4 Å². The van der Waals surface area contributed by atoms with E-state index in [1.807, 2.05) is 48.7 Å². The van der Waals surface area contributed by atoms with Crippen LogP contribution in [0.25, 0.3) is 0 Å². The Balaban J connectivity index is 2.16. The van der Waals surface area contributed by atoms with Crippen LogP contribution in [0.2, 0.25) is 0 Å². The van der Waals surface area contributed by atoms with Crippen LogP contribution in [-0.2, 0) is 0 Å². The maximum absolute atomic E-state index is 4.30. The van der Waals surface area contributed by atoms with Gasteiger partial charge in [0.05, 0.1) is 10.2 Å². The lowest BCUT2D eigenvalue weighted by atomic mass is 10.1. The molecule has 0 aliphatic carbocycles. The Morgan fingerprint density at radius 3 is 2.47 bits per heavy atom. The minimum Gasteiger partial charge on any atom is -0.361 e. The molecule has 0 radical (unpaired) electrons. The number of halogens is 1. The number of para-hydroxylation sites is 1. The molecule has 0 aliphatic rings. The monoisotopic (exact) mass is 315 g/mol. The van der Waals surface area contributed by atoms with Crippen molar-refractivity contribution < 1.29 is 0 Å². The number of benzene rings is 1. The summed E-state index contributed by atoms with van der Waals surface area (Å²) in [6.45, 7) is 0. The number of nitrogens with zero attached hydrogens (tertiary/aromatic N) is 2. The van der Waals surface area contributed by atoms with Gasteiger partial charge in [-0.3, -0.25) is 9.98 Å². The Hall–Kier alpha value is -1.94. The molecule has 0 unspecified atom stereocenters. The van der Waals surface area contributed by atoms with E-state index in [1.165, 1.54) is 0 Å². The number of pyridine rings is 1. The molecule has 0 amide bonds. The van der Waals surface area contributed by atoms with Crippen LogP contribution in [0.3, 0.4) is 0 Å². The Labute approximate surface area is 121 Å². The lowest BCUT2D eigenvalue weighted by Gasteiger charge is -2.06. The van der Waals surface area contributed by atoms with Gasteiger partial charge in [-0.1, -0.05) is 18.2 Å². The highest BCUT2D eigenvalue weighted by atomic mass is 79.9. The standard InChI is InChI=1S/C15H14BrN3/c1-17-15(12-7-9-18-10-8-12)14(16)11-19-13-5-3-2-4-6-13/h2-11,19H,1H3/b14-11+,17-15?. The molecule has 19 heavy (non-hydrogen) atoms. The lowest BCUT2D eigenvalue weighted by molar-refractivity contribution is 1.31. The summed E-state index contributed by atoms with van der Waals surface area (Å²) in [5.74, 6) is 0. The van der Waals surface area contributed by atoms with Gasteiger partial charge in [-0.15, -0.1) is 0 Å². The SMILES string of the molecule is CN=C(/C(Br)=C\Nc1ccccc1)c1ccncc1. The number of aliphatic imine (C=N–C) groups is 1. The second kappa shape index (κ2) is 6.85. The maximum Gasteiger partial charge on any atom is 0.0801 e. The molecule has 0 aliphatic heterocycles. The van der Waals surface area contributed by atoms with Crippen molar-refractivity contribution in [3.8, 4) is 0 Å². The first-order chi connectivity index (χ1) is 9.31. The summed E-state index contributed by atoms with van der Waals surface area (Å²) < 4.78 is 0.894. The molecular weight excluding hydrogens is 302 g/mol. The number of rotatable bonds is 4. The number of aromatic nitrogens is 1. The zero-order chi connectivity index (χ0) is 13.5. The Kier molecular flexibility index (Phi) is 4.86. The van der Waals surface area contributed by atoms with Gasteiger partial charge in [-0.2, -0.15) is 0 Å². The molecule has 2 rings (SSSR count). The molecular formula is C15H14BrN3. The third-order valence-electron chi connectivity index (χ3n) is 2.54. The van der Waals surface area contributed by atoms with Crippen molar-refractivity contribution in [1.29, 1.82) is 0 Å². The third kappa shape index (κ3) is 3.76. The zero-order valence-corrected chi connectivity index (χ0v) is 12.1. The van der Waals surface area contributed by atoms with Gasteiger partial charge < -0.3 is 5.32 Å². The van der Waals surface area contributed by atoms with Crippen LogP contribution in [0.15, 0.2) is 70.5 Å². The fraction of sp³-hybridized carbons (Fsp3) is 0.0667. The van der Waals surface area contributed by atoms with Crippen LogP contribution in [0, 0.1) is 0 Å². The molecule has 0 bridgehead atoms. The number of nitrogens with one attached hydrogen (secondary N) is 1. The van der Waals surface area contributed by atoms with Crippen molar-refractivity contribution in [2.24, 2.45) is 4.99 Å². The van der Waals surface area contributed by atoms with E-state index in [-0.39, 0.29) is 0 Å². The average molecular weight is 316 g/mol. The van der Waals surface area contributed by atoms with Gasteiger partial charge in [0, 0.05) is 36.9 Å². The van der Waals surface area contributed by atoms with Crippen LogP contribution >= 0.6 is 15.9 Å². The second-order valence-corrected chi connectivity index (χ2v) is 4.67. The first-order valence-corrected chi connectivity index (χ1v) is 6.65. The van der Waals surface area contributed by atoms with Gasteiger partial charge in [-0.25, -0.2) is 0 Å². The first kappa shape index (κ1) is 13.5. The summed E-state index contributed by atoms with van der Waals surface area (Å²) >= 11 is 3.55. The van der Waals surface area contributed by atoms with Crippen LogP contribution < -0.4 is 5.32 Å². The van der Waals surface area contributed by atoms with Crippen LogP contribution in [0.1, 0.15) is 5.56 Å². The normalized spacial score (nSPS) is 12.3. The Morgan fingerprint density at radius 2 is 1.84 bits per heavy atom. The molecule has 96 valence electrons. The highest BCUT2D eigenvalue weighted by Gasteiger charge is 2.05. The van der Waals surface area contributed by atoms with E-state index in [1.54, 1.807) is 19.4 Å². The average Bonchev–Trinajstić information content (AvgIpc) is 2.48. The number of anilines is 1. The molecule has 0 atom stereocenters. The van der Waals surface area contributed by atoms with Gasteiger partial charge in [-0.05, 0) is 40.2 Å². The van der Waals surface area contributed by atoms with Gasteiger partial charge >= 0.3 is 0 Å². The summed E-state index contributed by atoms with van der Waals surface area (Å²) in [7, 11) is 1.77. The number of hydrogen-bond donors (Lipinski definition) is 1. The second-order valence-electron chi connectivity index (χ2n) is 3.81. The molecule has 3 nitrogen and oxygen atoms in total. The molecule has 0 saturated carbocycles. The van der Waals surface area contributed by atoms with Gasteiger partial charge in [0.1, 0.15) is 0 Å². The highest BCUT2D eigenvalue weighted by Crippen LogP contribution is 2.15. The summed E-state index contributed by atoms with van der Waals surface area (Å²) in [5, 5.41) is 3.22. The van der Waals surface area contributed by atoms with Crippen molar-refractivity contribution in [2.75, 3.05) is 12.4 Å². The minimum atomic E-state index is 0.880. The van der Waals surface area contributed by atoms with Crippen molar-refractivity contribution in [1.82, 2.24) is 4.98 Å². The first-order valence-electron chi connectivity index (χ1n) is 5.86. The van der Waals surface area contributed by atoms with Crippen molar-refractivity contribution >= 4 is 27.3 Å². The van der Waals surface area contributed by atoms with E-state index in [2.05, 4.69) is 31.2 Å². The van der Waals surface area contributed by atoms with Gasteiger partial charge in [0.25, 0.3) is 0 Å². The maximum atomic E-state index is 4.30. The molecule has 1 N–H and O–H groups in total. The summed E-state index contributed by atoms with van der Waals surface area (Å²) in [6.07, 6.45) is 5.40. The molecule has 2 aromatic rings. The molecule has 0 spiro atoms. The minimum absolute atomic E-state index is 0.880. The van der Waals surface area contributed by atoms with Gasteiger partial charge in [0.15, 0.2) is 0 Å². The number of allylic oxidation sites excluding steroid dienone is 1. The summed E-state index contributed by atoms with van der Waals surface area (Å²) in [6, 6.07) is 13.8. The molecule has 1 aromatic carbocycles. The predicted molar refractivity (Wildman–Crippen MR) is 83.8 cm³/mol. The van der Waals surface area contributed by atoms with Crippen molar-refractivity contribution in [3.05, 3.63) is 71.1 Å². The smallest absolute Gasteiger partial charge is 0.0801 e.